The number of nitrogen functional groups attached to an aromatic ring is 1. The SMILES string of the molecule is COC1CN(C(=O)c2sc(NC(C)C)nc2N)CCC1C. The second-order valence-corrected chi connectivity index (χ2v) is 6.82. The van der Waals surface area contributed by atoms with E-state index in [0.717, 1.165) is 13.0 Å². The number of hydrogen-bond acceptors (Lipinski definition) is 6. The van der Waals surface area contributed by atoms with Crippen LogP contribution in [0.3, 0.4) is 0 Å². The minimum Gasteiger partial charge on any atom is -0.382 e. The molecule has 21 heavy (non-hydrogen) atoms. The lowest BCUT2D eigenvalue weighted by Crippen LogP contribution is -2.46. The van der Waals surface area contributed by atoms with Gasteiger partial charge in [-0.1, -0.05) is 18.3 Å². The highest BCUT2D eigenvalue weighted by atomic mass is 32.1. The number of methoxy groups -OCH3 is 1. The summed E-state index contributed by atoms with van der Waals surface area (Å²) in [6, 6.07) is 0.257. The Morgan fingerprint density at radius 2 is 2.29 bits per heavy atom. The van der Waals surface area contributed by atoms with Crippen molar-refractivity contribution in [1.29, 1.82) is 0 Å². The van der Waals surface area contributed by atoms with Gasteiger partial charge >= 0.3 is 0 Å². The van der Waals surface area contributed by atoms with E-state index in [1.165, 1.54) is 11.3 Å². The average molecular weight is 312 g/mol. The monoisotopic (exact) mass is 312 g/mol. The molecular weight excluding hydrogens is 288 g/mol. The quantitative estimate of drug-likeness (QED) is 0.889. The van der Waals surface area contributed by atoms with Gasteiger partial charge in [0, 0.05) is 26.2 Å². The number of ether oxygens (including phenoxy) is 1. The van der Waals surface area contributed by atoms with Crippen LogP contribution in [0, 0.1) is 5.92 Å². The third-order valence-corrected chi connectivity index (χ3v) is 4.73. The molecular formula is C14H24N4O2S. The molecule has 7 heteroatoms. The van der Waals surface area contributed by atoms with E-state index >= 15 is 0 Å². The van der Waals surface area contributed by atoms with Crippen molar-refractivity contribution in [2.45, 2.75) is 39.3 Å². The summed E-state index contributed by atoms with van der Waals surface area (Å²) in [5.41, 5.74) is 5.90. The third-order valence-electron chi connectivity index (χ3n) is 3.74. The Morgan fingerprint density at radius 3 is 2.90 bits per heavy atom. The van der Waals surface area contributed by atoms with Crippen LogP contribution in [0.25, 0.3) is 0 Å². The van der Waals surface area contributed by atoms with Crippen LogP contribution in [0.4, 0.5) is 10.9 Å². The van der Waals surface area contributed by atoms with E-state index in [0.29, 0.717) is 28.3 Å². The summed E-state index contributed by atoms with van der Waals surface area (Å²) >= 11 is 1.32. The largest absolute Gasteiger partial charge is 0.382 e. The Bertz CT molecular complexity index is 503. The second kappa shape index (κ2) is 6.62. The topological polar surface area (TPSA) is 80.5 Å². The molecule has 0 aliphatic carbocycles. The molecule has 1 saturated heterocycles. The van der Waals surface area contributed by atoms with Gasteiger partial charge in [-0.2, -0.15) is 0 Å². The Hall–Kier alpha value is -1.34. The van der Waals surface area contributed by atoms with Crippen LogP contribution < -0.4 is 11.1 Å². The maximum Gasteiger partial charge on any atom is 0.267 e. The van der Waals surface area contributed by atoms with Gasteiger partial charge in [0.15, 0.2) is 5.13 Å². The van der Waals surface area contributed by atoms with Gasteiger partial charge in [-0.15, -0.1) is 0 Å². The molecule has 118 valence electrons. The number of aromatic nitrogens is 1. The van der Waals surface area contributed by atoms with Crippen molar-refractivity contribution in [3.8, 4) is 0 Å². The number of nitrogens with two attached hydrogens (primary N) is 1. The predicted octanol–water partition coefficient (Wildman–Crippen LogP) is 2.04. The average Bonchev–Trinajstić information content (AvgIpc) is 2.78. The fraction of sp³-hybridized carbons (Fsp3) is 0.714. The van der Waals surface area contributed by atoms with E-state index in [1.807, 2.05) is 18.7 Å². The molecule has 0 aromatic carbocycles. The smallest absolute Gasteiger partial charge is 0.267 e. The van der Waals surface area contributed by atoms with E-state index in [9.17, 15) is 4.79 Å². The normalized spacial score (nSPS) is 22.6. The molecule has 1 aromatic heterocycles. The number of carbonyl (C=O) groups excluding carboxylic acids is 1. The standard InChI is InChI=1S/C14H24N4O2S/c1-8(2)16-14-17-12(15)11(21-14)13(19)18-6-5-9(3)10(7-18)20-4/h8-10H,5-7,15H2,1-4H3,(H,16,17). The number of carbonyl (C=O) groups is 1. The van der Waals surface area contributed by atoms with E-state index in [1.54, 1.807) is 7.11 Å². The number of hydrogen-bond donors (Lipinski definition) is 2. The fourth-order valence-corrected chi connectivity index (χ4v) is 3.46. The minimum atomic E-state index is -0.0456. The van der Waals surface area contributed by atoms with Crippen molar-refractivity contribution in [3.05, 3.63) is 4.88 Å². The molecule has 0 bridgehead atoms. The molecule has 2 rings (SSSR count). The lowest BCUT2D eigenvalue weighted by Gasteiger charge is -2.35. The third kappa shape index (κ3) is 3.65. The first-order valence-corrected chi connectivity index (χ1v) is 8.09. The Labute approximate surface area is 129 Å². The van der Waals surface area contributed by atoms with Gasteiger partial charge in [-0.3, -0.25) is 4.79 Å². The number of thiazole rings is 1. The zero-order chi connectivity index (χ0) is 15.6. The maximum atomic E-state index is 12.6. The second-order valence-electron chi connectivity index (χ2n) is 5.82. The lowest BCUT2D eigenvalue weighted by molar-refractivity contribution is -0.00136. The van der Waals surface area contributed by atoms with E-state index in [4.69, 9.17) is 10.5 Å². The summed E-state index contributed by atoms with van der Waals surface area (Å²) < 4.78 is 5.46. The number of anilines is 2. The number of nitrogens with one attached hydrogen (secondary N) is 1. The van der Waals surface area contributed by atoms with Gasteiger partial charge in [0.2, 0.25) is 0 Å². The van der Waals surface area contributed by atoms with Gasteiger partial charge < -0.3 is 20.7 Å². The summed E-state index contributed by atoms with van der Waals surface area (Å²) in [6.07, 6.45) is 1.03. The van der Waals surface area contributed by atoms with Crippen LogP contribution in [-0.4, -0.2) is 48.1 Å². The van der Waals surface area contributed by atoms with Crippen molar-refractivity contribution < 1.29 is 9.53 Å². The molecule has 0 radical (unpaired) electrons. The van der Waals surface area contributed by atoms with E-state index in [-0.39, 0.29) is 18.1 Å². The number of amides is 1. The summed E-state index contributed by atoms with van der Waals surface area (Å²) in [5, 5.41) is 3.88. The molecule has 1 aliphatic rings. The number of piperidine rings is 1. The fourth-order valence-electron chi connectivity index (χ4n) is 2.46. The van der Waals surface area contributed by atoms with Gasteiger partial charge in [-0.25, -0.2) is 4.98 Å². The maximum absolute atomic E-state index is 12.6. The van der Waals surface area contributed by atoms with Crippen LogP contribution in [0.15, 0.2) is 0 Å². The van der Waals surface area contributed by atoms with Gasteiger partial charge in [0.05, 0.1) is 6.10 Å². The van der Waals surface area contributed by atoms with Crippen molar-refractivity contribution in [3.63, 3.8) is 0 Å². The summed E-state index contributed by atoms with van der Waals surface area (Å²) in [6.45, 7) is 7.55. The molecule has 3 N–H and O–H groups in total. The summed E-state index contributed by atoms with van der Waals surface area (Å²) in [4.78, 5) is 19.2. The van der Waals surface area contributed by atoms with E-state index < -0.39 is 0 Å². The number of likely N-dealkylation sites (tertiary alicyclic amines) is 1. The molecule has 1 aromatic rings. The molecule has 2 atom stereocenters. The lowest BCUT2D eigenvalue weighted by atomic mass is 9.96. The van der Waals surface area contributed by atoms with Crippen LogP contribution >= 0.6 is 11.3 Å². The van der Waals surface area contributed by atoms with Crippen LogP contribution in [0.2, 0.25) is 0 Å². The summed E-state index contributed by atoms with van der Waals surface area (Å²) in [5.74, 6) is 0.729. The van der Waals surface area contributed by atoms with Crippen molar-refractivity contribution >= 4 is 28.2 Å². The zero-order valence-corrected chi connectivity index (χ0v) is 13.9. The van der Waals surface area contributed by atoms with Crippen LogP contribution in [-0.2, 0) is 4.74 Å². The van der Waals surface area contributed by atoms with Crippen LogP contribution in [0.1, 0.15) is 36.9 Å². The highest BCUT2D eigenvalue weighted by Gasteiger charge is 2.31. The van der Waals surface area contributed by atoms with E-state index in [2.05, 4.69) is 17.2 Å². The predicted molar refractivity (Wildman–Crippen MR) is 85.8 cm³/mol. The first-order valence-electron chi connectivity index (χ1n) is 7.27. The van der Waals surface area contributed by atoms with Gasteiger partial charge in [0.1, 0.15) is 10.7 Å². The van der Waals surface area contributed by atoms with Gasteiger partial charge in [0.25, 0.3) is 5.91 Å². The number of nitrogens with zero attached hydrogens (tertiary/aromatic N) is 2. The molecule has 1 amide bonds. The Kier molecular flexibility index (Phi) is 5.05. The first kappa shape index (κ1) is 16.0. The van der Waals surface area contributed by atoms with Crippen molar-refractivity contribution in [1.82, 2.24) is 9.88 Å². The molecule has 2 heterocycles. The molecule has 0 saturated carbocycles. The molecule has 1 aliphatic heterocycles. The minimum absolute atomic E-state index is 0.0456. The first-order chi connectivity index (χ1) is 9.92. The Balaban J connectivity index is 2.11. The van der Waals surface area contributed by atoms with Crippen molar-refractivity contribution in [2.75, 3.05) is 31.2 Å². The van der Waals surface area contributed by atoms with Crippen LogP contribution in [0.5, 0.6) is 0 Å². The molecule has 0 spiro atoms. The highest BCUT2D eigenvalue weighted by molar-refractivity contribution is 7.18. The Morgan fingerprint density at radius 1 is 1.57 bits per heavy atom. The molecule has 2 unspecified atom stereocenters. The highest BCUT2D eigenvalue weighted by Crippen LogP contribution is 2.29. The van der Waals surface area contributed by atoms with Gasteiger partial charge in [-0.05, 0) is 26.2 Å². The summed E-state index contributed by atoms with van der Waals surface area (Å²) in [7, 11) is 1.70. The number of rotatable bonds is 4. The van der Waals surface area contributed by atoms with Crippen molar-refractivity contribution in [2.24, 2.45) is 5.92 Å². The molecule has 6 nitrogen and oxygen atoms in total. The zero-order valence-electron chi connectivity index (χ0n) is 13.0. The molecule has 1 fully saturated rings.